The van der Waals surface area contributed by atoms with E-state index in [-0.39, 0.29) is 0 Å². The normalized spacial score (nSPS) is 11.6. The van der Waals surface area contributed by atoms with Crippen LogP contribution in [0.3, 0.4) is 0 Å². The summed E-state index contributed by atoms with van der Waals surface area (Å²) in [6, 6.07) is 21.2. The lowest BCUT2D eigenvalue weighted by Gasteiger charge is -2.20. The smallest absolute Gasteiger partial charge is 0.0342 e. The van der Waals surface area contributed by atoms with Gasteiger partial charge >= 0.3 is 0 Å². The first-order valence-electron chi connectivity index (χ1n) is 6.93. The van der Waals surface area contributed by atoms with Gasteiger partial charge in [0.15, 0.2) is 0 Å². The molecule has 2 aromatic rings. The Morgan fingerprint density at radius 2 is 1.60 bits per heavy atom. The van der Waals surface area contributed by atoms with Crippen molar-refractivity contribution in [3.63, 3.8) is 0 Å². The highest BCUT2D eigenvalue weighted by atomic mass is 14.9. The van der Waals surface area contributed by atoms with Gasteiger partial charge in [-0.05, 0) is 30.5 Å². The third kappa shape index (κ3) is 4.43. The molecule has 1 unspecified atom stereocenters. The third-order valence-electron chi connectivity index (χ3n) is 3.27. The lowest BCUT2D eigenvalue weighted by molar-refractivity contribution is 0.714. The molecule has 1 N–H and O–H groups in total. The maximum atomic E-state index is 4.04. The Morgan fingerprint density at radius 1 is 1.00 bits per heavy atom. The Bertz CT molecular complexity index is 501. The second-order valence-corrected chi connectivity index (χ2v) is 4.96. The fourth-order valence-electron chi connectivity index (χ4n) is 2.24. The van der Waals surface area contributed by atoms with Crippen molar-refractivity contribution in [2.24, 2.45) is 0 Å². The van der Waals surface area contributed by atoms with E-state index in [1.54, 1.807) is 0 Å². The summed E-state index contributed by atoms with van der Waals surface area (Å²) in [6.07, 6.45) is 3.71. The van der Waals surface area contributed by atoms with Gasteiger partial charge in [-0.15, -0.1) is 0 Å². The zero-order valence-electron chi connectivity index (χ0n) is 11.8. The van der Waals surface area contributed by atoms with Gasteiger partial charge in [-0.1, -0.05) is 73.3 Å². The molecule has 0 aliphatic rings. The second-order valence-electron chi connectivity index (χ2n) is 4.96. The molecule has 102 valence electrons. The summed E-state index contributed by atoms with van der Waals surface area (Å²) in [6.45, 7) is 7.84. The molecule has 0 amide bonds. The van der Waals surface area contributed by atoms with Crippen LogP contribution in [0.1, 0.15) is 12.0 Å². The quantitative estimate of drug-likeness (QED) is 0.705. The van der Waals surface area contributed by atoms with E-state index >= 15 is 0 Å². The Hall–Kier alpha value is -2.28. The zero-order chi connectivity index (χ0) is 14.2. The van der Waals surface area contributed by atoms with Crippen LogP contribution in [0.15, 0.2) is 85.5 Å². The summed E-state index contributed by atoms with van der Waals surface area (Å²) in [5, 5.41) is 3.58. The molecule has 0 aliphatic carbocycles. The summed E-state index contributed by atoms with van der Waals surface area (Å²) in [5.74, 6) is 0. The molecule has 0 bridgehead atoms. The summed E-state index contributed by atoms with van der Waals surface area (Å²) >= 11 is 0. The van der Waals surface area contributed by atoms with Gasteiger partial charge in [-0.3, -0.25) is 0 Å². The highest BCUT2D eigenvalue weighted by molar-refractivity contribution is 5.44. The van der Waals surface area contributed by atoms with Crippen molar-refractivity contribution in [3.8, 4) is 0 Å². The molecule has 2 rings (SSSR count). The molecule has 1 atom stereocenters. The molecule has 2 aromatic carbocycles. The first-order valence-corrected chi connectivity index (χ1v) is 6.93. The van der Waals surface area contributed by atoms with Crippen molar-refractivity contribution in [3.05, 3.63) is 91.0 Å². The van der Waals surface area contributed by atoms with Gasteiger partial charge in [-0.2, -0.15) is 0 Å². The maximum Gasteiger partial charge on any atom is 0.0342 e. The van der Waals surface area contributed by atoms with Crippen LogP contribution in [0.4, 0.5) is 5.69 Å². The van der Waals surface area contributed by atoms with Gasteiger partial charge < -0.3 is 5.32 Å². The van der Waals surface area contributed by atoms with E-state index in [1.807, 2.05) is 30.3 Å². The molecule has 20 heavy (non-hydrogen) atoms. The van der Waals surface area contributed by atoms with Crippen LogP contribution in [0, 0.1) is 0 Å². The summed E-state index contributed by atoms with van der Waals surface area (Å²) in [5.41, 5.74) is 3.54. The van der Waals surface area contributed by atoms with Crippen LogP contribution in [0.5, 0.6) is 0 Å². The van der Waals surface area contributed by atoms with Gasteiger partial charge in [0, 0.05) is 11.7 Å². The molecule has 0 aliphatic heterocycles. The van der Waals surface area contributed by atoms with Gasteiger partial charge in [0.1, 0.15) is 0 Å². The zero-order valence-corrected chi connectivity index (χ0v) is 11.8. The largest absolute Gasteiger partial charge is 0.382 e. The van der Waals surface area contributed by atoms with E-state index in [0.717, 1.165) is 24.1 Å². The molecule has 0 saturated carbocycles. The van der Waals surface area contributed by atoms with E-state index in [4.69, 9.17) is 0 Å². The van der Waals surface area contributed by atoms with E-state index < -0.39 is 0 Å². The van der Waals surface area contributed by atoms with Gasteiger partial charge in [0.2, 0.25) is 0 Å². The highest BCUT2D eigenvalue weighted by Gasteiger charge is 2.10. The third-order valence-corrected chi connectivity index (χ3v) is 3.27. The second kappa shape index (κ2) is 7.34. The number of anilines is 1. The van der Waals surface area contributed by atoms with Gasteiger partial charge in [-0.25, -0.2) is 0 Å². The average molecular weight is 263 g/mol. The van der Waals surface area contributed by atoms with Crippen molar-refractivity contribution in [1.29, 1.82) is 0 Å². The van der Waals surface area contributed by atoms with E-state index in [9.17, 15) is 0 Å². The molecule has 1 nitrogen and oxygen atoms in total. The van der Waals surface area contributed by atoms with Crippen molar-refractivity contribution in [2.75, 3.05) is 5.32 Å². The number of benzene rings is 2. The van der Waals surface area contributed by atoms with Crippen LogP contribution in [0.2, 0.25) is 0 Å². The van der Waals surface area contributed by atoms with E-state index in [2.05, 4.69) is 54.9 Å². The fraction of sp³-hybridized carbons (Fsp3) is 0.158. The maximum absolute atomic E-state index is 4.04. The average Bonchev–Trinajstić information content (AvgIpc) is 2.49. The van der Waals surface area contributed by atoms with Crippen LogP contribution in [-0.2, 0) is 6.42 Å². The molecular weight excluding hydrogens is 242 g/mol. The topological polar surface area (TPSA) is 12.0 Å². The molecule has 0 fully saturated rings. The van der Waals surface area contributed by atoms with Gasteiger partial charge in [0.05, 0.1) is 0 Å². The number of rotatable bonds is 7. The SMILES string of the molecule is C=CC(=C)CC(Cc1ccccc1)Nc1ccccc1. The monoisotopic (exact) mass is 263 g/mol. The van der Waals surface area contributed by atoms with Crippen LogP contribution < -0.4 is 5.32 Å². The first-order chi connectivity index (χ1) is 9.78. The number of para-hydroxylation sites is 1. The van der Waals surface area contributed by atoms with Crippen molar-refractivity contribution >= 4 is 5.69 Å². The van der Waals surface area contributed by atoms with Crippen molar-refractivity contribution in [1.82, 2.24) is 0 Å². The lowest BCUT2D eigenvalue weighted by Crippen LogP contribution is -2.22. The Balaban J connectivity index is 2.08. The Morgan fingerprint density at radius 3 is 2.20 bits per heavy atom. The van der Waals surface area contributed by atoms with Crippen LogP contribution >= 0.6 is 0 Å². The molecule has 0 spiro atoms. The van der Waals surface area contributed by atoms with Crippen LogP contribution in [-0.4, -0.2) is 6.04 Å². The van der Waals surface area contributed by atoms with Gasteiger partial charge in [0.25, 0.3) is 0 Å². The minimum Gasteiger partial charge on any atom is -0.382 e. The molecular formula is C19H21N. The number of allylic oxidation sites excluding steroid dienone is 1. The molecule has 0 heterocycles. The molecule has 0 aromatic heterocycles. The fourth-order valence-corrected chi connectivity index (χ4v) is 2.24. The first kappa shape index (κ1) is 14.1. The van der Waals surface area contributed by atoms with Crippen LogP contribution in [0.25, 0.3) is 0 Å². The summed E-state index contributed by atoms with van der Waals surface area (Å²) < 4.78 is 0. The van der Waals surface area contributed by atoms with Crippen molar-refractivity contribution < 1.29 is 0 Å². The number of hydrogen-bond donors (Lipinski definition) is 1. The molecule has 0 radical (unpaired) electrons. The Labute approximate surface area is 121 Å². The van der Waals surface area contributed by atoms with Crippen molar-refractivity contribution in [2.45, 2.75) is 18.9 Å². The minimum atomic E-state index is 0.324. The summed E-state index contributed by atoms with van der Waals surface area (Å²) in [4.78, 5) is 0. The standard InChI is InChI=1S/C19H21N/c1-3-16(2)14-19(15-17-10-6-4-7-11-17)20-18-12-8-5-9-13-18/h3-13,19-20H,1-2,14-15H2. The lowest BCUT2D eigenvalue weighted by atomic mass is 9.99. The molecule has 1 heteroatoms. The molecule has 0 saturated heterocycles. The highest BCUT2D eigenvalue weighted by Crippen LogP contribution is 2.16. The predicted octanol–water partition coefficient (Wildman–Crippen LogP) is 4.84. The minimum absolute atomic E-state index is 0.324. The number of nitrogens with one attached hydrogen (secondary N) is 1. The summed E-state index contributed by atoms with van der Waals surface area (Å²) in [7, 11) is 0. The van der Waals surface area contributed by atoms with E-state index in [0.29, 0.717) is 6.04 Å². The number of hydrogen-bond acceptors (Lipinski definition) is 1. The van der Waals surface area contributed by atoms with E-state index in [1.165, 1.54) is 5.56 Å². The predicted molar refractivity (Wildman–Crippen MR) is 88.0 cm³/mol. The Kier molecular flexibility index (Phi) is 5.19.